The predicted molar refractivity (Wildman–Crippen MR) is 93.2 cm³/mol. The van der Waals surface area contributed by atoms with Crippen LogP contribution in [-0.2, 0) is 0 Å². The monoisotopic (exact) mass is 332 g/mol. The summed E-state index contributed by atoms with van der Waals surface area (Å²) in [6.45, 7) is 3.66. The third-order valence-electron chi connectivity index (χ3n) is 5.50. The summed E-state index contributed by atoms with van der Waals surface area (Å²) in [6.07, 6.45) is 5.96. The molecule has 1 heterocycles. The van der Waals surface area contributed by atoms with Crippen LogP contribution < -0.4 is 5.32 Å². The summed E-state index contributed by atoms with van der Waals surface area (Å²) in [5, 5.41) is 23.0. The lowest BCUT2D eigenvalue weighted by atomic mass is 9.89. The van der Waals surface area contributed by atoms with Crippen LogP contribution in [0.1, 0.15) is 54.4 Å². The van der Waals surface area contributed by atoms with Gasteiger partial charge in [0.1, 0.15) is 5.75 Å². The maximum Gasteiger partial charge on any atom is 0.251 e. The molecule has 132 valence electrons. The van der Waals surface area contributed by atoms with Crippen molar-refractivity contribution in [3.63, 3.8) is 0 Å². The molecule has 1 aliphatic heterocycles. The summed E-state index contributed by atoms with van der Waals surface area (Å²) in [6, 6.07) is 5.50. The number of benzene rings is 1. The highest BCUT2D eigenvalue weighted by atomic mass is 16.3. The molecule has 0 aromatic heterocycles. The first-order valence-electron chi connectivity index (χ1n) is 9.07. The summed E-state index contributed by atoms with van der Waals surface area (Å²) >= 11 is 0. The third-order valence-corrected chi connectivity index (χ3v) is 5.50. The van der Waals surface area contributed by atoms with E-state index in [2.05, 4.69) is 10.2 Å². The number of nitrogens with zero attached hydrogens (tertiary/aromatic N) is 1. The van der Waals surface area contributed by atoms with Gasteiger partial charge in [-0.3, -0.25) is 9.69 Å². The van der Waals surface area contributed by atoms with Gasteiger partial charge in [-0.05, 0) is 50.3 Å². The number of aromatic hydroxyl groups is 1. The van der Waals surface area contributed by atoms with Crippen molar-refractivity contribution in [2.24, 2.45) is 0 Å². The standard InChI is InChI=1S/C19H28N2O3/c1-13-6-7-14(12-18(13)23)19(24)20-15-8-10-21(11-9-15)16-4-2-3-5-17(16)22/h6-7,12,15-17,22-23H,2-5,8-11H2,1H3,(H,20,24). The van der Waals surface area contributed by atoms with Crippen LogP contribution in [0.3, 0.4) is 0 Å². The van der Waals surface area contributed by atoms with Gasteiger partial charge in [0.2, 0.25) is 0 Å². The fourth-order valence-corrected chi connectivity index (χ4v) is 3.91. The molecule has 1 aromatic carbocycles. The van der Waals surface area contributed by atoms with Gasteiger partial charge in [-0.1, -0.05) is 18.9 Å². The van der Waals surface area contributed by atoms with Gasteiger partial charge in [0.15, 0.2) is 0 Å². The Hall–Kier alpha value is -1.59. The number of carbonyl (C=O) groups is 1. The molecule has 2 atom stereocenters. The summed E-state index contributed by atoms with van der Waals surface area (Å²) in [5.41, 5.74) is 1.27. The first-order chi connectivity index (χ1) is 11.5. The molecule has 1 amide bonds. The second kappa shape index (κ2) is 7.53. The molecule has 2 fully saturated rings. The molecule has 0 spiro atoms. The number of phenolic OH excluding ortho intramolecular Hbond substituents is 1. The summed E-state index contributed by atoms with van der Waals surface area (Å²) in [7, 11) is 0. The number of hydrogen-bond acceptors (Lipinski definition) is 4. The van der Waals surface area contributed by atoms with Gasteiger partial charge in [-0.25, -0.2) is 0 Å². The molecule has 2 aliphatic rings. The minimum absolute atomic E-state index is 0.124. The van der Waals surface area contributed by atoms with Crippen molar-refractivity contribution in [2.45, 2.75) is 63.6 Å². The maximum atomic E-state index is 12.3. The molecule has 5 heteroatoms. The van der Waals surface area contributed by atoms with Crippen molar-refractivity contribution < 1.29 is 15.0 Å². The number of carbonyl (C=O) groups excluding carboxylic acids is 1. The molecule has 1 saturated heterocycles. The Bertz CT molecular complexity index is 582. The average Bonchev–Trinajstić information content (AvgIpc) is 2.58. The number of nitrogens with one attached hydrogen (secondary N) is 1. The van der Waals surface area contributed by atoms with Gasteiger partial charge < -0.3 is 15.5 Å². The zero-order chi connectivity index (χ0) is 17.1. The summed E-state index contributed by atoms with van der Waals surface area (Å²) in [4.78, 5) is 14.7. The average molecular weight is 332 g/mol. The number of piperidine rings is 1. The predicted octanol–water partition coefficient (Wildman–Crippen LogP) is 2.20. The molecule has 2 unspecified atom stereocenters. The largest absolute Gasteiger partial charge is 0.508 e. The Morgan fingerprint density at radius 2 is 1.88 bits per heavy atom. The van der Waals surface area contributed by atoms with E-state index in [1.54, 1.807) is 12.1 Å². The molecule has 24 heavy (non-hydrogen) atoms. The zero-order valence-corrected chi connectivity index (χ0v) is 14.4. The first-order valence-corrected chi connectivity index (χ1v) is 9.07. The molecule has 1 aliphatic carbocycles. The van der Waals surface area contributed by atoms with Crippen LogP contribution >= 0.6 is 0 Å². The van der Waals surface area contributed by atoms with Gasteiger partial charge in [0.25, 0.3) is 5.91 Å². The van der Waals surface area contributed by atoms with E-state index in [4.69, 9.17) is 0 Å². The minimum atomic E-state index is -0.194. The number of hydrogen-bond donors (Lipinski definition) is 3. The smallest absolute Gasteiger partial charge is 0.251 e. The number of likely N-dealkylation sites (tertiary alicyclic amines) is 1. The molecule has 5 nitrogen and oxygen atoms in total. The van der Waals surface area contributed by atoms with Crippen molar-refractivity contribution in [3.8, 4) is 5.75 Å². The summed E-state index contributed by atoms with van der Waals surface area (Å²) in [5.74, 6) is 0.0326. The van der Waals surface area contributed by atoms with Gasteiger partial charge in [0.05, 0.1) is 6.10 Å². The van der Waals surface area contributed by atoms with Crippen molar-refractivity contribution in [3.05, 3.63) is 29.3 Å². The van der Waals surface area contributed by atoms with Gasteiger partial charge >= 0.3 is 0 Å². The zero-order valence-electron chi connectivity index (χ0n) is 14.4. The molecule has 0 bridgehead atoms. The molecule has 1 saturated carbocycles. The highest BCUT2D eigenvalue weighted by molar-refractivity contribution is 5.94. The van der Waals surface area contributed by atoms with Gasteiger partial charge in [-0.2, -0.15) is 0 Å². The Morgan fingerprint density at radius 1 is 1.17 bits per heavy atom. The Kier molecular flexibility index (Phi) is 5.41. The van der Waals surface area contributed by atoms with Crippen LogP contribution in [0.2, 0.25) is 0 Å². The van der Waals surface area contributed by atoms with Crippen LogP contribution in [0.5, 0.6) is 5.75 Å². The lowest BCUT2D eigenvalue weighted by molar-refractivity contribution is 0.00727. The lowest BCUT2D eigenvalue weighted by Gasteiger charge is -2.41. The Labute approximate surface area is 143 Å². The van der Waals surface area contributed by atoms with Crippen LogP contribution in [0.4, 0.5) is 0 Å². The van der Waals surface area contributed by atoms with Crippen LogP contribution in [0.15, 0.2) is 18.2 Å². The molecule has 3 N–H and O–H groups in total. The highest BCUT2D eigenvalue weighted by Gasteiger charge is 2.31. The van der Waals surface area contributed by atoms with E-state index < -0.39 is 0 Å². The van der Waals surface area contributed by atoms with E-state index >= 15 is 0 Å². The van der Waals surface area contributed by atoms with Crippen molar-refractivity contribution >= 4 is 5.91 Å². The Balaban J connectivity index is 1.51. The van der Waals surface area contributed by atoms with E-state index in [0.29, 0.717) is 11.6 Å². The quantitative estimate of drug-likeness (QED) is 0.793. The van der Waals surface area contributed by atoms with Crippen LogP contribution in [-0.4, -0.2) is 52.3 Å². The Morgan fingerprint density at radius 3 is 2.54 bits per heavy atom. The van der Waals surface area contributed by atoms with E-state index in [1.807, 2.05) is 6.92 Å². The number of aliphatic hydroxyl groups is 1. The van der Waals surface area contributed by atoms with Crippen LogP contribution in [0.25, 0.3) is 0 Å². The van der Waals surface area contributed by atoms with E-state index in [1.165, 1.54) is 12.5 Å². The van der Waals surface area contributed by atoms with E-state index in [0.717, 1.165) is 50.8 Å². The molecule has 0 radical (unpaired) electrons. The maximum absolute atomic E-state index is 12.3. The fraction of sp³-hybridized carbons (Fsp3) is 0.632. The number of rotatable bonds is 3. The van der Waals surface area contributed by atoms with Crippen LogP contribution in [0, 0.1) is 6.92 Å². The molecule has 1 aromatic rings. The van der Waals surface area contributed by atoms with E-state index in [-0.39, 0.29) is 23.8 Å². The first kappa shape index (κ1) is 17.2. The number of amides is 1. The second-order valence-electron chi connectivity index (χ2n) is 7.20. The minimum Gasteiger partial charge on any atom is -0.508 e. The molecular weight excluding hydrogens is 304 g/mol. The van der Waals surface area contributed by atoms with Crippen molar-refractivity contribution in [1.29, 1.82) is 0 Å². The normalized spacial score (nSPS) is 26.2. The lowest BCUT2D eigenvalue weighted by Crippen LogP contribution is -2.52. The number of aliphatic hydroxyl groups excluding tert-OH is 1. The topological polar surface area (TPSA) is 72.8 Å². The molecule has 3 rings (SSSR count). The second-order valence-corrected chi connectivity index (χ2v) is 7.20. The number of aryl methyl sites for hydroxylation is 1. The SMILES string of the molecule is Cc1ccc(C(=O)NC2CCN(C3CCCCC3O)CC2)cc1O. The third kappa shape index (κ3) is 3.90. The van der Waals surface area contributed by atoms with Crippen molar-refractivity contribution in [1.82, 2.24) is 10.2 Å². The fourth-order valence-electron chi connectivity index (χ4n) is 3.91. The molecular formula is C19H28N2O3. The highest BCUT2D eigenvalue weighted by Crippen LogP contribution is 2.26. The van der Waals surface area contributed by atoms with Gasteiger partial charge in [0, 0.05) is 30.7 Å². The van der Waals surface area contributed by atoms with Crippen molar-refractivity contribution in [2.75, 3.05) is 13.1 Å². The van der Waals surface area contributed by atoms with Gasteiger partial charge in [-0.15, -0.1) is 0 Å². The number of phenols is 1. The van der Waals surface area contributed by atoms with E-state index in [9.17, 15) is 15.0 Å². The summed E-state index contributed by atoms with van der Waals surface area (Å²) < 4.78 is 0.